The van der Waals surface area contributed by atoms with E-state index in [1.54, 1.807) is 0 Å². The van der Waals surface area contributed by atoms with E-state index in [9.17, 15) is 8.42 Å². The van der Waals surface area contributed by atoms with Crippen molar-refractivity contribution in [2.45, 2.75) is 46.1 Å². The molecule has 2 saturated heterocycles. The van der Waals surface area contributed by atoms with Gasteiger partial charge in [-0.3, -0.25) is 0 Å². The molecule has 3 heterocycles. The Morgan fingerprint density at radius 2 is 1.71 bits per heavy atom. The third-order valence-electron chi connectivity index (χ3n) is 5.99. The Balaban J connectivity index is 1.31. The largest absolute Gasteiger partial charge is 0.474 e. The molecular formula is C24H33N3O6S. The Morgan fingerprint density at radius 1 is 1.06 bits per heavy atom. The highest BCUT2D eigenvalue weighted by Gasteiger charge is 2.25. The van der Waals surface area contributed by atoms with Crippen molar-refractivity contribution in [3.8, 4) is 17.5 Å². The fraction of sp³-hybridized carbons (Fsp3) is 0.583. The summed E-state index contributed by atoms with van der Waals surface area (Å²) in [6, 6.07) is 7.61. The maximum absolute atomic E-state index is 11.2. The molecule has 9 nitrogen and oxygen atoms in total. The fourth-order valence-corrected chi connectivity index (χ4v) is 5.01. The van der Waals surface area contributed by atoms with Crippen LogP contribution >= 0.6 is 0 Å². The molecule has 0 amide bonds. The zero-order chi connectivity index (χ0) is 24.1. The van der Waals surface area contributed by atoms with Crippen LogP contribution in [0.2, 0.25) is 0 Å². The minimum atomic E-state index is -3.82. The van der Waals surface area contributed by atoms with E-state index in [2.05, 4.69) is 28.7 Å². The van der Waals surface area contributed by atoms with Crippen LogP contribution in [0.25, 0.3) is 0 Å². The molecule has 0 aliphatic carbocycles. The molecule has 0 radical (unpaired) electrons. The van der Waals surface area contributed by atoms with E-state index >= 15 is 0 Å². The summed E-state index contributed by atoms with van der Waals surface area (Å²) < 4.78 is 44.1. The first-order valence-corrected chi connectivity index (χ1v) is 13.1. The number of hydrogen-bond donors (Lipinski definition) is 0. The van der Waals surface area contributed by atoms with Crippen molar-refractivity contribution in [2.24, 2.45) is 11.8 Å². The van der Waals surface area contributed by atoms with Crippen LogP contribution in [0, 0.1) is 18.8 Å². The first-order valence-electron chi connectivity index (χ1n) is 11.8. The van der Waals surface area contributed by atoms with Crippen molar-refractivity contribution < 1.29 is 26.3 Å². The van der Waals surface area contributed by atoms with E-state index in [1.807, 2.05) is 31.2 Å². The van der Waals surface area contributed by atoms with Crippen LogP contribution < -0.4 is 9.47 Å². The predicted molar refractivity (Wildman–Crippen MR) is 126 cm³/mol. The second-order valence-electron chi connectivity index (χ2n) is 9.41. The summed E-state index contributed by atoms with van der Waals surface area (Å²) in [6.45, 7) is 9.86. The van der Waals surface area contributed by atoms with E-state index in [0.29, 0.717) is 29.8 Å². The molecule has 10 heteroatoms. The molecule has 0 saturated carbocycles. The van der Waals surface area contributed by atoms with Crippen LogP contribution in [-0.2, 0) is 25.2 Å². The standard InChI is InChI=1S/C24H33N3O6S/c1-17(2)13-27-10-8-22(9-11-27)33-24-18(3)23(25-16-26-24)32-21-6-4-19(5-7-21)12-20-14-30-34(28,29)31-15-20/h4-7,16-17,20,22H,8-15H2,1-3H3. The Kier molecular flexibility index (Phi) is 8.02. The number of hydrogen-bond acceptors (Lipinski definition) is 9. The molecule has 2 aromatic rings. The zero-order valence-corrected chi connectivity index (χ0v) is 20.8. The molecule has 1 aromatic heterocycles. The molecule has 2 aliphatic rings. The van der Waals surface area contributed by atoms with Gasteiger partial charge in [0.05, 0.1) is 18.8 Å². The van der Waals surface area contributed by atoms with Gasteiger partial charge in [0.25, 0.3) is 0 Å². The number of rotatable bonds is 8. The highest BCUT2D eigenvalue weighted by molar-refractivity contribution is 7.81. The highest BCUT2D eigenvalue weighted by Crippen LogP contribution is 2.29. The number of piperidine rings is 1. The lowest BCUT2D eigenvalue weighted by atomic mass is 10.0. The molecule has 0 atom stereocenters. The molecule has 186 valence electrons. The van der Waals surface area contributed by atoms with Crippen molar-refractivity contribution in [3.05, 3.63) is 41.7 Å². The van der Waals surface area contributed by atoms with E-state index in [-0.39, 0.29) is 25.2 Å². The summed E-state index contributed by atoms with van der Waals surface area (Å²) in [5, 5.41) is 0. The third kappa shape index (κ3) is 6.88. The maximum atomic E-state index is 11.2. The van der Waals surface area contributed by atoms with Gasteiger partial charge in [0.2, 0.25) is 11.8 Å². The summed E-state index contributed by atoms with van der Waals surface area (Å²) in [4.78, 5) is 11.1. The number of nitrogens with zero attached hydrogens (tertiary/aromatic N) is 3. The average molecular weight is 492 g/mol. The summed E-state index contributed by atoms with van der Waals surface area (Å²) in [7, 11) is -3.82. The molecular weight excluding hydrogens is 458 g/mol. The first kappa shape index (κ1) is 24.8. The summed E-state index contributed by atoms with van der Waals surface area (Å²) in [5.41, 5.74) is 1.81. The van der Waals surface area contributed by atoms with E-state index < -0.39 is 10.4 Å². The van der Waals surface area contributed by atoms with Crippen LogP contribution in [-0.4, -0.2) is 62.2 Å². The van der Waals surface area contributed by atoms with E-state index in [4.69, 9.17) is 17.8 Å². The first-order chi connectivity index (χ1) is 16.3. The molecule has 34 heavy (non-hydrogen) atoms. The van der Waals surface area contributed by atoms with Gasteiger partial charge in [-0.1, -0.05) is 26.0 Å². The number of benzene rings is 1. The van der Waals surface area contributed by atoms with Gasteiger partial charge in [0.1, 0.15) is 18.2 Å². The molecule has 2 fully saturated rings. The van der Waals surface area contributed by atoms with Gasteiger partial charge in [-0.2, -0.15) is 8.42 Å². The molecule has 0 spiro atoms. The minimum absolute atomic E-state index is 0.0173. The number of ether oxygens (including phenoxy) is 2. The van der Waals surface area contributed by atoms with Gasteiger partial charge in [0.15, 0.2) is 0 Å². The van der Waals surface area contributed by atoms with Gasteiger partial charge >= 0.3 is 10.4 Å². The number of likely N-dealkylation sites (tertiary alicyclic amines) is 1. The average Bonchev–Trinajstić information content (AvgIpc) is 2.80. The van der Waals surface area contributed by atoms with Crippen molar-refractivity contribution in [2.75, 3.05) is 32.8 Å². The Bertz CT molecular complexity index is 1040. The second-order valence-corrected chi connectivity index (χ2v) is 10.7. The van der Waals surface area contributed by atoms with Crippen molar-refractivity contribution in [3.63, 3.8) is 0 Å². The van der Waals surface area contributed by atoms with Gasteiger partial charge < -0.3 is 14.4 Å². The van der Waals surface area contributed by atoms with Crippen molar-refractivity contribution in [1.29, 1.82) is 0 Å². The second kappa shape index (κ2) is 11.0. The predicted octanol–water partition coefficient (Wildman–Crippen LogP) is 3.53. The fourth-order valence-electron chi connectivity index (χ4n) is 4.22. The topological polar surface area (TPSA) is 100 Å². The lowest BCUT2D eigenvalue weighted by molar-refractivity contribution is 0.0897. The Morgan fingerprint density at radius 3 is 2.35 bits per heavy atom. The smallest absolute Gasteiger partial charge is 0.399 e. The van der Waals surface area contributed by atoms with Gasteiger partial charge in [-0.25, -0.2) is 18.3 Å². The minimum Gasteiger partial charge on any atom is -0.474 e. The van der Waals surface area contributed by atoms with Crippen LogP contribution in [0.4, 0.5) is 0 Å². The zero-order valence-electron chi connectivity index (χ0n) is 20.0. The van der Waals surface area contributed by atoms with Crippen molar-refractivity contribution >= 4 is 10.4 Å². The maximum Gasteiger partial charge on any atom is 0.399 e. The quantitative estimate of drug-likeness (QED) is 0.549. The van der Waals surface area contributed by atoms with Crippen LogP contribution in [0.5, 0.6) is 17.5 Å². The summed E-state index contributed by atoms with van der Waals surface area (Å²) in [5.74, 6) is 2.34. The lowest BCUT2D eigenvalue weighted by Crippen LogP contribution is -2.40. The van der Waals surface area contributed by atoms with Crippen molar-refractivity contribution in [1.82, 2.24) is 14.9 Å². The third-order valence-corrected chi connectivity index (χ3v) is 6.84. The monoisotopic (exact) mass is 491 g/mol. The van der Waals surface area contributed by atoms with Gasteiger partial charge in [-0.05, 0) is 49.8 Å². The normalized spacial score (nSPS) is 19.9. The summed E-state index contributed by atoms with van der Waals surface area (Å²) in [6.07, 6.45) is 4.23. The van der Waals surface area contributed by atoms with Gasteiger partial charge in [0, 0.05) is 25.6 Å². The van der Waals surface area contributed by atoms with Crippen LogP contribution in [0.1, 0.15) is 37.8 Å². The molecule has 2 aliphatic heterocycles. The van der Waals surface area contributed by atoms with Crippen LogP contribution in [0.15, 0.2) is 30.6 Å². The summed E-state index contributed by atoms with van der Waals surface area (Å²) >= 11 is 0. The van der Waals surface area contributed by atoms with Crippen LogP contribution in [0.3, 0.4) is 0 Å². The highest BCUT2D eigenvalue weighted by atomic mass is 32.3. The Labute approximate surface area is 201 Å². The van der Waals surface area contributed by atoms with Gasteiger partial charge in [-0.15, -0.1) is 0 Å². The SMILES string of the molecule is Cc1c(Oc2ccc(CC3COS(=O)(=O)OC3)cc2)ncnc1OC1CCN(CC(C)C)CC1. The lowest BCUT2D eigenvalue weighted by Gasteiger charge is -2.33. The Hall–Kier alpha value is -2.27. The van der Waals surface area contributed by atoms with E-state index in [0.717, 1.165) is 43.6 Å². The molecule has 0 bridgehead atoms. The molecule has 4 rings (SSSR count). The molecule has 0 unspecified atom stereocenters. The van der Waals surface area contributed by atoms with E-state index in [1.165, 1.54) is 6.33 Å². The molecule has 1 aromatic carbocycles. The molecule has 0 N–H and O–H groups in total. The number of aromatic nitrogens is 2.